The van der Waals surface area contributed by atoms with Gasteiger partial charge in [0.2, 0.25) is 0 Å². The van der Waals surface area contributed by atoms with E-state index in [0.717, 1.165) is 15.5 Å². The lowest BCUT2D eigenvalue weighted by atomic mass is 10.0. The summed E-state index contributed by atoms with van der Waals surface area (Å²) in [5.41, 5.74) is 1.63. The Bertz CT molecular complexity index is 673. The molecule has 1 aliphatic heterocycles. The van der Waals surface area contributed by atoms with Gasteiger partial charge in [0.05, 0.1) is 17.2 Å². The molecule has 2 aliphatic rings. The Morgan fingerprint density at radius 2 is 2.20 bits per heavy atom. The van der Waals surface area contributed by atoms with Crippen molar-refractivity contribution >= 4 is 29.6 Å². The van der Waals surface area contributed by atoms with Crippen LogP contribution >= 0.6 is 11.8 Å². The summed E-state index contributed by atoms with van der Waals surface area (Å²) in [6.07, 6.45) is 7.96. The molecule has 0 saturated heterocycles. The lowest BCUT2D eigenvalue weighted by Crippen LogP contribution is -2.18. The van der Waals surface area contributed by atoms with Crippen LogP contribution in [0, 0.1) is 5.92 Å². The van der Waals surface area contributed by atoms with Crippen molar-refractivity contribution < 1.29 is 4.79 Å². The molecule has 0 unspecified atom stereocenters. The third-order valence-electron chi connectivity index (χ3n) is 3.09. The van der Waals surface area contributed by atoms with Crippen LogP contribution in [0.4, 0.5) is 0 Å². The van der Waals surface area contributed by atoms with Crippen molar-refractivity contribution in [1.82, 2.24) is 5.32 Å². The molecule has 1 amide bonds. The van der Waals surface area contributed by atoms with Gasteiger partial charge in [-0.1, -0.05) is 36.0 Å². The largest absolute Gasteiger partial charge is 0.355 e. The smallest absolute Gasteiger partial charge is 0.252 e. The summed E-state index contributed by atoms with van der Waals surface area (Å²) in [6, 6.07) is 7.57. The maximum Gasteiger partial charge on any atom is 0.252 e. The number of amides is 1. The van der Waals surface area contributed by atoms with Crippen LogP contribution in [0.25, 0.3) is 0 Å². The second-order valence-corrected chi connectivity index (χ2v) is 5.51. The third-order valence-corrected chi connectivity index (χ3v) is 4.15. The summed E-state index contributed by atoms with van der Waals surface area (Å²) >= 11 is 1.56. The van der Waals surface area contributed by atoms with Crippen LogP contribution in [0.5, 0.6) is 0 Å². The van der Waals surface area contributed by atoms with E-state index in [0.29, 0.717) is 5.56 Å². The Kier molecular flexibility index (Phi) is 3.52. The molecule has 1 atom stereocenters. The molecule has 100 valence electrons. The van der Waals surface area contributed by atoms with Gasteiger partial charge in [0.1, 0.15) is 0 Å². The molecule has 5 heteroatoms. The van der Waals surface area contributed by atoms with Crippen LogP contribution in [-0.2, 0) is 0 Å². The van der Waals surface area contributed by atoms with Gasteiger partial charge in [0, 0.05) is 23.1 Å². The molecule has 3 rings (SSSR count). The highest BCUT2D eigenvalue weighted by molar-refractivity contribution is 8.03. The number of benzene rings is 1. The Morgan fingerprint density at radius 1 is 1.35 bits per heavy atom. The van der Waals surface area contributed by atoms with Gasteiger partial charge < -0.3 is 5.32 Å². The van der Waals surface area contributed by atoms with E-state index in [4.69, 9.17) is 0 Å². The molecule has 4 nitrogen and oxygen atoms in total. The first kappa shape index (κ1) is 12.9. The highest BCUT2D eigenvalue weighted by Gasteiger charge is 2.19. The lowest BCUT2D eigenvalue weighted by molar-refractivity contribution is 0.0960. The van der Waals surface area contributed by atoms with Gasteiger partial charge in [-0.15, -0.1) is 0 Å². The third kappa shape index (κ3) is 2.44. The number of hydrogen-bond donors (Lipinski definition) is 1. The molecule has 0 radical (unpaired) electrons. The minimum absolute atomic E-state index is 0.0760. The minimum Gasteiger partial charge on any atom is -0.355 e. The molecule has 1 aliphatic carbocycles. The summed E-state index contributed by atoms with van der Waals surface area (Å²) < 4.78 is 0. The Balaban J connectivity index is 1.86. The van der Waals surface area contributed by atoms with Crippen LogP contribution in [0.1, 0.15) is 10.4 Å². The maximum absolute atomic E-state index is 11.9. The van der Waals surface area contributed by atoms with Gasteiger partial charge in [-0.2, -0.15) is 10.2 Å². The zero-order valence-electron chi connectivity index (χ0n) is 10.9. The number of fused-ring (bicyclic) bond motifs is 1. The number of carbonyl (C=O) groups is 1. The number of nitrogens with zero attached hydrogens (tertiary/aromatic N) is 2. The van der Waals surface area contributed by atoms with Crippen molar-refractivity contribution in [2.75, 3.05) is 7.05 Å². The van der Waals surface area contributed by atoms with Crippen LogP contribution < -0.4 is 5.32 Å². The average molecular weight is 283 g/mol. The highest BCUT2D eigenvalue weighted by Crippen LogP contribution is 2.33. The van der Waals surface area contributed by atoms with Crippen molar-refractivity contribution in [3.05, 3.63) is 53.0 Å². The van der Waals surface area contributed by atoms with Crippen LogP contribution in [0.2, 0.25) is 0 Å². The van der Waals surface area contributed by atoms with Gasteiger partial charge in [0.15, 0.2) is 0 Å². The Hall–Kier alpha value is -2.14. The van der Waals surface area contributed by atoms with E-state index in [-0.39, 0.29) is 11.8 Å². The van der Waals surface area contributed by atoms with Crippen molar-refractivity contribution in [2.45, 2.75) is 4.90 Å². The number of hydrogen-bond acceptors (Lipinski definition) is 4. The molecule has 20 heavy (non-hydrogen) atoms. The molecule has 1 N–H and O–H groups in total. The fraction of sp³-hybridized carbons (Fsp3) is 0.133. The quantitative estimate of drug-likeness (QED) is 0.927. The number of rotatable bonds is 3. The number of thioether (sulfide) groups is 1. The standard InChI is InChI=1S/C15H13N3OS/c1-16-15(19)12-4-2-3-5-14(12)20-11-7-6-10-9-17-18-13(10)8-11/h2-10H,1H3,(H,16,19)/t10-/m0/s1. The summed E-state index contributed by atoms with van der Waals surface area (Å²) in [4.78, 5) is 13.8. The predicted molar refractivity (Wildman–Crippen MR) is 82.3 cm³/mol. The van der Waals surface area contributed by atoms with E-state index in [2.05, 4.69) is 21.6 Å². The fourth-order valence-electron chi connectivity index (χ4n) is 2.05. The van der Waals surface area contributed by atoms with Crippen molar-refractivity contribution in [1.29, 1.82) is 0 Å². The number of carbonyl (C=O) groups excluding carboxylic acids is 1. The van der Waals surface area contributed by atoms with Crippen molar-refractivity contribution in [3.8, 4) is 0 Å². The molecular weight excluding hydrogens is 270 g/mol. The zero-order chi connectivity index (χ0) is 13.9. The molecule has 0 bridgehead atoms. The van der Waals surface area contributed by atoms with E-state index in [1.807, 2.05) is 42.6 Å². The summed E-state index contributed by atoms with van der Waals surface area (Å²) in [6.45, 7) is 0. The van der Waals surface area contributed by atoms with Gasteiger partial charge in [-0.25, -0.2) is 0 Å². The molecule has 0 saturated carbocycles. The van der Waals surface area contributed by atoms with Crippen LogP contribution in [0.3, 0.4) is 0 Å². The molecule has 1 aromatic rings. The van der Waals surface area contributed by atoms with Crippen molar-refractivity contribution in [2.24, 2.45) is 16.1 Å². The maximum atomic E-state index is 11.9. The fourth-order valence-corrected chi connectivity index (χ4v) is 3.05. The zero-order valence-corrected chi connectivity index (χ0v) is 11.7. The van der Waals surface area contributed by atoms with Gasteiger partial charge >= 0.3 is 0 Å². The first-order valence-corrected chi connectivity index (χ1v) is 7.09. The van der Waals surface area contributed by atoms with Crippen molar-refractivity contribution in [3.63, 3.8) is 0 Å². The van der Waals surface area contributed by atoms with Gasteiger partial charge in [0.25, 0.3) is 5.91 Å². The monoisotopic (exact) mass is 283 g/mol. The second-order valence-electron chi connectivity index (χ2n) is 4.40. The Morgan fingerprint density at radius 3 is 3.05 bits per heavy atom. The SMILES string of the molecule is CNC(=O)c1ccccc1SC1=CC2=NN=C[C@@H]2C=C1. The number of nitrogens with one attached hydrogen (secondary N) is 1. The topological polar surface area (TPSA) is 53.8 Å². The van der Waals surface area contributed by atoms with E-state index >= 15 is 0 Å². The predicted octanol–water partition coefficient (Wildman–Crippen LogP) is 2.65. The molecule has 0 aromatic heterocycles. The van der Waals surface area contributed by atoms with E-state index < -0.39 is 0 Å². The molecular formula is C15H13N3OS. The summed E-state index contributed by atoms with van der Waals surface area (Å²) in [7, 11) is 1.64. The molecule has 1 aromatic carbocycles. The van der Waals surface area contributed by atoms with E-state index in [1.54, 1.807) is 18.8 Å². The normalized spacial score (nSPS) is 19.4. The first-order valence-electron chi connectivity index (χ1n) is 6.28. The lowest BCUT2D eigenvalue weighted by Gasteiger charge is -2.12. The second kappa shape index (κ2) is 5.46. The number of allylic oxidation sites excluding steroid dienone is 3. The average Bonchev–Trinajstić information content (AvgIpc) is 2.94. The summed E-state index contributed by atoms with van der Waals surface area (Å²) in [5, 5.41) is 10.7. The molecule has 0 spiro atoms. The Labute approximate surface area is 121 Å². The van der Waals surface area contributed by atoms with E-state index in [1.165, 1.54) is 0 Å². The van der Waals surface area contributed by atoms with Gasteiger partial charge in [-0.3, -0.25) is 4.79 Å². The first-order chi connectivity index (χ1) is 9.78. The molecule has 1 heterocycles. The molecule has 0 fully saturated rings. The highest BCUT2D eigenvalue weighted by atomic mass is 32.2. The van der Waals surface area contributed by atoms with Gasteiger partial charge in [-0.05, 0) is 18.2 Å². The van der Waals surface area contributed by atoms with E-state index in [9.17, 15) is 4.79 Å². The minimum atomic E-state index is -0.0760. The summed E-state index contributed by atoms with van der Waals surface area (Å²) in [5.74, 6) is 0.126. The van der Waals surface area contributed by atoms with Crippen LogP contribution in [0.15, 0.2) is 62.5 Å². The van der Waals surface area contributed by atoms with Crippen LogP contribution in [-0.4, -0.2) is 24.9 Å².